The number of nitrogens with zero attached hydrogens (tertiary/aromatic N) is 1. The minimum Gasteiger partial charge on any atom is -0.462 e. The first kappa shape index (κ1) is 22.1. The van der Waals surface area contributed by atoms with E-state index in [1.807, 2.05) is 11.9 Å². The molecule has 1 aromatic heterocycles. The molecule has 0 unspecified atom stereocenters. The number of hydrogen-bond acceptors (Lipinski definition) is 4. The van der Waals surface area contributed by atoms with Crippen LogP contribution in [0.4, 0.5) is 0 Å². The molecule has 0 aliphatic rings. The van der Waals surface area contributed by atoms with E-state index < -0.39 is 5.97 Å². The van der Waals surface area contributed by atoms with Gasteiger partial charge in [-0.2, -0.15) is 0 Å². The first-order valence-corrected chi connectivity index (χ1v) is 9.76. The highest BCUT2D eigenvalue weighted by atomic mass is 35.5. The summed E-state index contributed by atoms with van der Waals surface area (Å²) >= 11 is 12.3. The Hall–Kier alpha value is -2.24. The van der Waals surface area contributed by atoms with E-state index in [-0.39, 0.29) is 23.6 Å². The molecule has 0 aliphatic carbocycles. The molecule has 0 saturated heterocycles. The molecule has 0 radical (unpaired) electrons. The molecule has 28 heavy (non-hydrogen) atoms. The van der Waals surface area contributed by atoms with Crippen LogP contribution in [-0.2, 0) is 4.74 Å². The lowest BCUT2D eigenvalue weighted by Crippen LogP contribution is -2.17. The van der Waals surface area contributed by atoms with E-state index in [0.717, 1.165) is 6.54 Å². The summed E-state index contributed by atoms with van der Waals surface area (Å²) < 4.78 is 5.12. The second kappa shape index (κ2) is 9.80. The van der Waals surface area contributed by atoms with Crippen molar-refractivity contribution in [3.8, 4) is 11.3 Å². The van der Waals surface area contributed by atoms with Crippen LogP contribution in [0.15, 0.2) is 36.5 Å². The Balaban J connectivity index is 2.40. The molecule has 2 rings (SSSR count). The number of rotatable bonds is 8. The SMILES string of the molecule is CCOC(=O)c1cc(C(=O)/C=C/N(C)CC(C)C)[nH]c1-c1ccc(Cl)cc1Cl. The number of carbonyl (C=O) groups excluding carboxylic acids is 2. The van der Waals surface area contributed by atoms with Gasteiger partial charge in [0.1, 0.15) is 0 Å². The number of aromatic amines is 1. The van der Waals surface area contributed by atoms with E-state index in [1.54, 1.807) is 31.3 Å². The number of ketones is 1. The minimum atomic E-state index is -0.528. The highest BCUT2D eigenvalue weighted by Crippen LogP contribution is 2.33. The van der Waals surface area contributed by atoms with E-state index in [4.69, 9.17) is 27.9 Å². The summed E-state index contributed by atoms with van der Waals surface area (Å²) in [5.41, 5.74) is 1.51. The molecule has 2 aromatic rings. The highest BCUT2D eigenvalue weighted by Gasteiger charge is 2.21. The second-order valence-corrected chi connectivity index (χ2v) is 7.67. The Labute approximate surface area is 175 Å². The van der Waals surface area contributed by atoms with Crippen molar-refractivity contribution in [1.82, 2.24) is 9.88 Å². The highest BCUT2D eigenvalue weighted by molar-refractivity contribution is 6.36. The van der Waals surface area contributed by atoms with Crippen LogP contribution >= 0.6 is 23.2 Å². The third kappa shape index (κ3) is 5.63. The predicted octanol–water partition coefficient (Wildman–Crippen LogP) is 5.45. The molecule has 0 saturated carbocycles. The maximum Gasteiger partial charge on any atom is 0.340 e. The first-order chi connectivity index (χ1) is 13.2. The van der Waals surface area contributed by atoms with Crippen LogP contribution in [0, 0.1) is 5.92 Å². The number of ether oxygens (including phenoxy) is 1. The standard InChI is InChI=1S/C21H24Cl2N2O3/c1-5-28-21(27)16-11-18(19(26)8-9-25(4)12-13(2)3)24-20(16)15-7-6-14(22)10-17(15)23/h6-11,13,24H,5,12H2,1-4H3/b9-8+. The smallest absolute Gasteiger partial charge is 0.340 e. The molecule has 0 fully saturated rings. The molecule has 0 bridgehead atoms. The van der Waals surface area contributed by atoms with Gasteiger partial charge in [0.25, 0.3) is 0 Å². The zero-order chi connectivity index (χ0) is 20.8. The summed E-state index contributed by atoms with van der Waals surface area (Å²) in [7, 11) is 1.90. The maximum atomic E-state index is 12.6. The molecular formula is C21H24Cl2N2O3. The largest absolute Gasteiger partial charge is 0.462 e. The van der Waals surface area contributed by atoms with Crippen molar-refractivity contribution in [3.63, 3.8) is 0 Å². The lowest BCUT2D eigenvalue weighted by atomic mass is 10.1. The van der Waals surface area contributed by atoms with Gasteiger partial charge in [-0.3, -0.25) is 4.79 Å². The van der Waals surface area contributed by atoms with Gasteiger partial charge in [-0.05, 0) is 37.1 Å². The van der Waals surface area contributed by atoms with Gasteiger partial charge in [0.2, 0.25) is 5.78 Å². The third-order valence-electron chi connectivity index (χ3n) is 3.91. The van der Waals surface area contributed by atoms with Crippen molar-refractivity contribution in [1.29, 1.82) is 0 Å². The quantitative estimate of drug-likeness (QED) is 0.349. The number of hydrogen-bond donors (Lipinski definition) is 1. The van der Waals surface area contributed by atoms with E-state index in [1.165, 1.54) is 12.1 Å². The number of esters is 1. The summed E-state index contributed by atoms with van der Waals surface area (Å²) in [6.07, 6.45) is 3.19. The van der Waals surface area contributed by atoms with E-state index in [9.17, 15) is 9.59 Å². The van der Waals surface area contributed by atoms with E-state index >= 15 is 0 Å². The third-order valence-corrected chi connectivity index (χ3v) is 4.46. The van der Waals surface area contributed by atoms with Crippen LogP contribution in [0.25, 0.3) is 11.3 Å². The minimum absolute atomic E-state index is 0.223. The first-order valence-electron chi connectivity index (χ1n) is 9.01. The normalized spacial score (nSPS) is 11.2. The molecule has 0 amide bonds. The molecule has 7 heteroatoms. The zero-order valence-electron chi connectivity index (χ0n) is 16.4. The van der Waals surface area contributed by atoms with E-state index in [0.29, 0.717) is 27.2 Å². The van der Waals surface area contributed by atoms with Crippen LogP contribution in [0.3, 0.4) is 0 Å². The fourth-order valence-electron chi connectivity index (χ4n) is 2.78. The van der Waals surface area contributed by atoms with Gasteiger partial charge in [0.05, 0.1) is 28.6 Å². The average Bonchev–Trinajstić information content (AvgIpc) is 3.04. The Bertz CT molecular complexity index is 888. The predicted molar refractivity (Wildman–Crippen MR) is 113 cm³/mol. The second-order valence-electron chi connectivity index (χ2n) is 6.83. The molecule has 0 atom stereocenters. The summed E-state index contributed by atoms with van der Waals surface area (Å²) in [5.74, 6) is -0.304. The van der Waals surface area contributed by atoms with Gasteiger partial charge in [0, 0.05) is 36.5 Å². The Morgan fingerprint density at radius 2 is 1.96 bits per heavy atom. The van der Waals surface area contributed by atoms with Crippen LogP contribution in [0.5, 0.6) is 0 Å². The van der Waals surface area contributed by atoms with Gasteiger partial charge in [-0.25, -0.2) is 4.79 Å². The average molecular weight is 423 g/mol. The van der Waals surface area contributed by atoms with Crippen molar-refractivity contribution in [2.45, 2.75) is 20.8 Å². The number of aromatic nitrogens is 1. The summed E-state index contributed by atoms with van der Waals surface area (Å²) in [4.78, 5) is 29.9. The van der Waals surface area contributed by atoms with Gasteiger partial charge < -0.3 is 14.6 Å². The zero-order valence-corrected chi connectivity index (χ0v) is 17.9. The van der Waals surface area contributed by atoms with Gasteiger partial charge >= 0.3 is 5.97 Å². The Morgan fingerprint density at radius 1 is 1.25 bits per heavy atom. The van der Waals surface area contributed by atoms with Crippen molar-refractivity contribution < 1.29 is 14.3 Å². The van der Waals surface area contributed by atoms with Crippen LogP contribution in [0.1, 0.15) is 41.6 Å². The number of carbonyl (C=O) groups is 2. The number of allylic oxidation sites excluding steroid dienone is 1. The van der Waals surface area contributed by atoms with Crippen molar-refractivity contribution >= 4 is 35.0 Å². The van der Waals surface area contributed by atoms with Gasteiger partial charge in [-0.15, -0.1) is 0 Å². The fourth-order valence-corrected chi connectivity index (χ4v) is 3.29. The fraction of sp³-hybridized carbons (Fsp3) is 0.333. The lowest BCUT2D eigenvalue weighted by Gasteiger charge is -2.15. The molecule has 0 spiro atoms. The number of halogens is 2. The topological polar surface area (TPSA) is 62.4 Å². The number of benzene rings is 1. The summed E-state index contributed by atoms with van der Waals surface area (Å²) in [6.45, 7) is 6.98. The van der Waals surface area contributed by atoms with Gasteiger partial charge in [0.15, 0.2) is 0 Å². The summed E-state index contributed by atoms with van der Waals surface area (Å²) in [6, 6.07) is 6.43. The Morgan fingerprint density at radius 3 is 2.57 bits per heavy atom. The van der Waals surface area contributed by atoms with Crippen LogP contribution in [0.2, 0.25) is 10.0 Å². The molecule has 5 nitrogen and oxygen atoms in total. The Kier molecular flexibility index (Phi) is 7.72. The van der Waals surface area contributed by atoms with Crippen LogP contribution < -0.4 is 0 Å². The van der Waals surface area contributed by atoms with Crippen LogP contribution in [-0.4, -0.2) is 41.8 Å². The van der Waals surface area contributed by atoms with Crippen molar-refractivity contribution in [2.24, 2.45) is 5.92 Å². The van der Waals surface area contributed by atoms with Gasteiger partial charge in [-0.1, -0.05) is 37.0 Å². The molecule has 150 valence electrons. The lowest BCUT2D eigenvalue weighted by molar-refractivity contribution is 0.0527. The number of H-pyrrole nitrogens is 1. The summed E-state index contributed by atoms with van der Waals surface area (Å²) in [5, 5.41) is 0.844. The molecule has 1 heterocycles. The maximum absolute atomic E-state index is 12.6. The van der Waals surface area contributed by atoms with Crippen molar-refractivity contribution in [2.75, 3.05) is 20.2 Å². The molecule has 0 aliphatic heterocycles. The van der Waals surface area contributed by atoms with Crippen molar-refractivity contribution in [3.05, 3.63) is 57.8 Å². The molecular weight excluding hydrogens is 399 g/mol. The molecule has 1 aromatic carbocycles. The monoisotopic (exact) mass is 422 g/mol. The van der Waals surface area contributed by atoms with E-state index in [2.05, 4.69) is 18.8 Å². The molecule has 1 N–H and O–H groups in total. The number of nitrogens with one attached hydrogen (secondary N) is 1.